The molecule has 0 radical (unpaired) electrons. The zero-order valence-corrected chi connectivity index (χ0v) is 14.1. The molecule has 3 N–H and O–H groups in total. The quantitative estimate of drug-likeness (QED) is 0.830. The average molecular weight is 341 g/mol. The van der Waals surface area contributed by atoms with Gasteiger partial charge < -0.3 is 20.3 Å². The van der Waals surface area contributed by atoms with E-state index in [9.17, 15) is 4.79 Å². The number of nitrogens with two attached hydrogens (primary N) is 1. The summed E-state index contributed by atoms with van der Waals surface area (Å²) < 4.78 is 10.2. The molecule has 0 aliphatic carbocycles. The predicted molar refractivity (Wildman–Crippen MR) is 88.2 cm³/mol. The molecular formula is C15H21ClN4O3. The summed E-state index contributed by atoms with van der Waals surface area (Å²) in [6.45, 7) is 3.93. The number of carbonyl (C=O) groups is 1. The molecule has 23 heavy (non-hydrogen) atoms. The third-order valence-corrected chi connectivity index (χ3v) is 3.25. The molecule has 0 aliphatic heterocycles. The molecule has 8 heteroatoms. The molecule has 1 aromatic carbocycles. The maximum absolute atomic E-state index is 11.8. The Kier molecular flexibility index (Phi) is 6.99. The SMILES string of the molecule is COc1ccc(-c2noc(CNC(=O)[C@@H](N)C(C)C)n2)cc1.Cl. The van der Waals surface area contributed by atoms with Crippen molar-refractivity contribution < 1.29 is 14.1 Å². The molecule has 0 saturated carbocycles. The van der Waals surface area contributed by atoms with Crippen molar-refractivity contribution in [3.8, 4) is 17.1 Å². The third-order valence-electron chi connectivity index (χ3n) is 3.25. The minimum atomic E-state index is -0.552. The van der Waals surface area contributed by atoms with E-state index >= 15 is 0 Å². The van der Waals surface area contributed by atoms with Crippen LogP contribution in [0.4, 0.5) is 0 Å². The first-order valence-electron chi connectivity index (χ1n) is 7.01. The maximum atomic E-state index is 11.8. The molecule has 1 atom stereocenters. The van der Waals surface area contributed by atoms with Gasteiger partial charge in [0.05, 0.1) is 19.7 Å². The third kappa shape index (κ3) is 4.94. The Bertz CT molecular complexity index is 628. The van der Waals surface area contributed by atoms with Crippen LogP contribution in [-0.2, 0) is 11.3 Å². The van der Waals surface area contributed by atoms with Crippen LogP contribution in [0.15, 0.2) is 28.8 Å². The van der Waals surface area contributed by atoms with E-state index in [0.29, 0.717) is 11.7 Å². The second-order valence-electron chi connectivity index (χ2n) is 5.23. The fourth-order valence-electron chi connectivity index (χ4n) is 1.77. The van der Waals surface area contributed by atoms with Gasteiger partial charge >= 0.3 is 0 Å². The number of hydrogen-bond acceptors (Lipinski definition) is 6. The summed E-state index contributed by atoms with van der Waals surface area (Å²) in [5.74, 6) is 1.37. The number of nitrogens with one attached hydrogen (secondary N) is 1. The number of nitrogens with zero attached hydrogens (tertiary/aromatic N) is 2. The van der Waals surface area contributed by atoms with Crippen molar-refractivity contribution in [1.82, 2.24) is 15.5 Å². The monoisotopic (exact) mass is 340 g/mol. The number of amides is 1. The van der Waals surface area contributed by atoms with Crippen molar-refractivity contribution in [2.75, 3.05) is 7.11 Å². The average Bonchev–Trinajstić information content (AvgIpc) is 3.00. The van der Waals surface area contributed by atoms with E-state index in [1.54, 1.807) is 7.11 Å². The van der Waals surface area contributed by atoms with Gasteiger partial charge in [0.1, 0.15) is 5.75 Å². The highest BCUT2D eigenvalue weighted by Crippen LogP contribution is 2.19. The fourth-order valence-corrected chi connectivity index (χ4v) is 1.77. The van der Waals surface area contributed by atoms with Crippen molar-refractivity contribution in [3.05, 3.63) is 30.2 Å². The summed E-state index contributed by atoms with van der Waals surface area (Å²) in [5.41, 5.74) is 6.56. The Hall–Kier alpha value is -2.12. The van der Waals surface area contributed by atoms with Crippen LogP contribution in [0.2, 0.25) is 0 Å². The zero-order chi connectivity index (χ0) is 16.1. The van der Waals surface area contributed by atoms with Crippen molar-refractivity contribution in [3.63, 3.8) is 0 Å². The lowest BCUT2D eigenvalue weighted by Gasteiger charge is -2.14. The first-order valence-corrected chi connectivity index (χ1v) is 7.01. The van der Waals surface area contributed by atoms with E-state index in [0.717, 1.165) is 11.3 Å². The number of aromatic nitrogens is 2. The summed E-state index contributed by atoms with van der Waals surface area (Å²) in [6, 6.07) is 6.74. The largest absolute Gasteiger partial charge is 0.497 e. The van der Waals surface area contributed by atoms with Crippen LogP contribution in [0.1, 0.15) is 19.7 Å². The number of carbonyl (C=O) groups excluding carboxylic acids is 1. The lowest BCUT2D eigenvalue weighted by atomic mass is 10.1. The summed E-state index contributed by atoms with van der Waals surface area (Å²) in [4.78, 5) is 16.0. The lowest BCUT2D eigenvalue weighted by Crippen LogP contribution is -2.43. The Morgan fingerprint density at radius 1 is 1.35 bits per heavy atom. The lowest BCUT2D eigenvalue weighted by molar-refractivity contribution is -0.123. The normalized spacial score (nSPS) is 11.7. The van der Waals surface area contributed by atoms with E-state index in [1.807, 2.05) is 38.1 Å². The van der Waals surface area contributed by atoms with Gasteiger partial charge in [-0.15, -0.1) is 12.4 Å². The number of hydrogen-bond donors (Lipinski definition) is 2. The van der Waals surface area contributed by atoms with Gasteiger partial charge in [0.25, 0.3) is 0 Å². The summed E-state index contributed by atoms with van der Waals surface area (Å²) in [7, 11) is 1.60. The Labute approximate surface area is 141 Å². The molecule has 2 aromatic rings. The summed E-state index contributed by atoms with van der Waals surface area (Å²) in [6.07, 6.45) is 0. The van der Waals surface area contributed by atoms with Gasteiger partial charge in [-0.3, -0.25) is 4.79 Å². The van der Waals surface area contributed by atoms with Crippen LogP contribution in [0.3, 0.4) is 0 Å². The van der Waals surface area contributed by atoms with E-state index in [2.05, 4.69) is 15.5 Å². The van der Waals surface area contributed by atoms with Gasteiger partial charge in [0.2, 0.25) is 17.6 Å². The number of rotatable bonds is 6. The smallest absolute Gasteiger partial charge is 0.246 e. The summed E-state index contributed by atoms with van der Waals surface area (Å²) >= 11 is 0. The molecule has 0 bridgehead atoms. The summed E-state index contributed by atoms with van der Waals surface area (Å²) in [5, 5.41) is 6.57. The molecular weight excluding hydrogens is 320 g/mol. The minimum absolute atomic E-state index is 0. The van der Waals surface area contributed by atoms with Gasteiger partial charge in [-0.2, -0.15) is 4.98 Å². The molecule has 2 rings (SSSR count). The molecule has 7 nitrogen and oxygen atoms in total. The van der Waals surface area contributed by atoms with E-state index in [1.165, 1.54) is 0 Å². The van der Waals surface area contributed by atoms with Crippen LogP contribution in [0.5, 0.6) is 5.75 Å². The molecule has 0 saturated heterocycles. The van der Waals surface area contributed by atoms with Crippen molar-refractivity contribution in [1.29, 1.82) is 0 Å². The van der Waals surface area contributed by atoms with Gasteiger partial charge in [0, 0.05) is 5.56 Å². The maximum Gasteiger partial charge on any atom is 0.246 e. The number of ether oxygens (including phenoxy) is 1. The molecule has 1 aromatic heterocycles. The molecule has 0 unspecified atom stereocenters. The zero-order valence-electron chi connectivity index (χ0n) is 13.3. The standard InChI is InChI=1S/C15H20N4O3.ClH/c1-9(2)13(16)15(20)17-8-12-18-14(19-22-12)10-4-6-11(21-3)7-5-10;/h4-7,9,13H,8,16H2,1-3H3,(H,17,20);1H/t13-;/m0./s1. The van der Waals surface area contributed by atoms with Crippen LogP contribution in [0.25, 0.3) is 11.4 Å². The van der Waals surface area contributed by atoms with Crippen molar-refractivity contribution in [2.45, 2.75) is 26.4 Å². The van der Waals surface area contributed by atoms with Gasteiger partial charge in [-0.1, -0.05) is 19.0 Å². The number of benzene rings is 1. The number of methoxy groups -OCH3 is 1. The Morgan fingerprint density at radius 2 is 2.00 bits per heavy atom. The fraction of sp³-hybridized carbons (Fsp3) is 0.400. The Morgan fingerprint density at radius 3 is 2.57 bits per heavy atom. The van der Waals surface area contributed by atoms with E-state index < -0.39 is 6.04 Å². The second kappa shape index (κ2) is 8.50. The van der Waals surface area contributed by atoms with Crippen molar-refractivity contribution >= 4 is 18.3 Å². The van der Waals surface area contributed by atoms with Gasteiger partial charge in [-0.25, -0.2) is 0 Å². The van der Waals surface area contributed by atoms with E-state index in [-0.39, 0.29) is 30.8 Å². The highest BCUT2D eigenvalue weighted by Gasteiger charge is 2.18. The second-order valence-corrected chi connectivity index (χ2v) is 5.23. The highest BCUT2D eigenvalue weighted by molar-refractivity contribution is 5.85. The molecule has 0 fully saturated rings. The molecule has 1 heterocycles. The minimum Gasteiger partial charge on any atom is -0.497 e. The highest BCUT2D eigenvalue weighted by atomic mass is 35.5. The van der Waals surface area contributed by atoms with Crippen molar-refractivity contribution in [2.24, 2.45) is 11.7 Å². The molecule has 0 spiro atoms. The van der Waals surface area contributed by atoms with Crippen LogP contribution in [0, 0.1) is 5.92 Å². The van der Waals surface area contributed by atoms with E-state index in [4.69, 9.17) is 15.0 Å². The molecule has 1 amide bonds. The molecule has 126 valence electrons. The van der Waals surface area contributed by atoms with Crippen LogP contribution >= 0.6 is 12.4 Å². The number of halogens is 1. The van der Waals surface area contributed by atoms with Gasteiger partial charge in [0.15, 0.2) is 0 Å². The Balaban J connectivity index is 0.00000264. The van der Waals surface area contributed by atoms with Gasteiger partial charge in [-0.05, 0) is 30.2 Å². The topological polar surface area (TPSA) is 103 Å². The predicted octanol–water partition coefficient (Wildman–Crippen LogP) is 1.77. The first kappa shape index (κ1) is 18.9. The molecule has 0 aliphatic rings. The van der Waals surface area contributed by atoms with Crippen LogP contribution < -0.4 is 15.8 Å². The first-order chi connectivity index (χ1) is 10.5. The van der Waals surface area contributed by atoms with Crippen LogP contribution in [-0.4, -0.2) is 29.2 Å².